The highest BCUT2D eigenvalue weighted by molar-refractivity contribution is 7.98. The summed E-state index contributed by atoms with van der Waals surface area (Å²) in [7, 11) is 1.63. The highest BCUT2D eigenvalue weighted by atomic mass is 35.5. The van der Waals surface area contributed by atoms with Crippen LogP contribution in [0.4, 0.5) is 0 Å². The number of ether oxygens (including phenoxy) is 1. The number of methoxy groups -OCH3 is 1. The molecule has 0 unspecified atom stereocenters. The van der Waals surface area contributed by atoms with E-state index in [0.717, 1.165) is 16.2 Å². The summed E-state index contributed by atoms with van der Waals surface area (Å²) < 4.78 is 5.39. The third-order valence-electron chi connectivity index (χ3n) is 2.90. The third-order valence-corrected chi connectivity index (χ3v) is 3.92. The van der Waals surface area contributed by atoms with Crippen molar-refractivity contribution in [2.75, 3.05) is 13.4 Å². The van der Waals surface area contributed by atoms with Crippen LogP contribution in [0.3, 0.4) is 0 Å². The Morgan fingerprint density at radius 2 is 2.15 bits per heavy atom. The summed E-state index contributed by atoms with van der Waals surface area (Å²) in [4.78, 5) is 16.8. The molecule has 0 aliphatic heterocycles. The fraction of sp³-hybridized carbons (Fsp3) is 0.154. The predicted octanol–water partition coefficient (Wildman–Crippen LogP) is 3.40. The molecule has 0 amide bonds. The van der Waals surface area contributed by atoms with Crippen molar-refractivity contribution in [3.05, 3.63) is 29.7 Å². The summed E-state index contributed by atoms with van der Waals surface area (Å²) in [5.74, 6) is 1.40. The van der Waals surface area contributed by atoms with E-state index in [4.69, 9.17) is 16.3 Å². The van der Waals surface area contributed by atoms with Gasteiger partial charge in [0.05, 0.1) is 12.7 Å². The molecule has 0 aliphatic rings. The Bertz CT molecular complexity index is 774. The van der Waals surface area contributed by atoms with Crippen molar-refractivity contribution in [2.24, 2.45) is 0 Å². The first-order valence-corrected chi connectivity index (χ1v) is 7.42. The maximum absolute atomic E-state index is 6.03. The molecule has 20 heavy (non-hydrogen) atoms. The van der Waals surface area contributed by atoms with Crippen molar-refractivity contribution in [3.63, 3.8) is 0 Å². The molecular weight excluding hydrogens is 296 g/mol. The first-order valence-electron chi connectivity index (χ1n) is 5.81. The maximum atomic E-state index is 6.03. The van der Waals surface area contributed by atoms with E-state index in [1.54, 1.807) is 18.9 Å². The molecule has 2 heterocycles. The number of nitrogens with one attached hydrogen (secondary N) is 1. The quantitative estimate of drug-likeness (QED) is 0.593. The summed E-state index contributed by atoms with van der Waals surface area (Å²) >= 11 is 7.69. The van der Waals surface area contributed by atoms with Gasteiger partial charge < -0.3 is 9.72 Å². The minimum Gasteiger partial charge on any atom is -0.496 e. The molecule has 102 valence electrons. The first kappa shape index (κ1) is 13.2. The molecule has 3 rings (SSSR count). The van der Waals surface area contributed by atoms with E-state index in [1.165, 1.54) is 6.33 Å². The van der Waals surface area contributed by atoms with Crippen LogP contribution in [0.15, 0.2) is 29.4 Å². The van der Waals surface area contributed by atoms with Gasteiger partial charge in [-0.1, -0.05) is 11.6 Å². The summed E-state index contributed by atoms with van der Waals surface area (Å²) in [5, 5.41) is 0.355. The van der Waals surface area contributed by atoms with E-state index >= 15 is 0 Å². The molecule has 1 N–H and O–H groups in total. The topological polar surface area (TPSA) is 63.7 Å². The molecule has 0 fully saturated rings. The summed E-state index contributed by atoms with van der Waals surface area (Å²) in [6, 6.07) is 5.94. The largest absolute Gasteiger partial charge is 0.496 e. The Labute approximate surface area is 124 Å². The van der Waals surface area contributed by atoms with Crippen LogP contribution >= 0.6 is 23.4 Å². The van der Waals surface area contributed by atoms with Crippen LogP contribution in [0, 0.1) is 0 Å². The Hall–Kier alpha value is -1.79. The van der Waals surface area contributed by atoms with E-state index in [9.17, 15) is 0 Å². The Morgan fingerprint density at radius 1 is 1.30 bits per heavy atom. The molecule has 5 nitrogen and oxygen atoms in total. The van der Waals surface area contributed by atoms with Crippen molar-refractivity contribution < 1.29 is 4.74 Å². The first-order chi connectivity index (χ1) is 9.72. The number of nitrogens with zero attached hydrogens (tertiary/aromatic N) is 3. The molecule has 3 aromatic rings. The number of fused-ring (bicyclic) bond motifs is 1. The number of imidazole rings is 1. The lowest BCUT2D eigenvalue weighted by Crippen LogP contribution is -1.89. The Balaban J connectivity index is 2.21. The standard InChI is InChI=1S/C13H11ClN4OS/c1-19-9-4-3-7(20-2)5-8(9)12-17-10-11(14)15-6-16-13(10)18-12/h3-6H,1-2H3,(H,15,16,17,18). The number of thioether (sulfide) groups is 1. The number of hydrogen-bond acceptors (Lipinski definition) is 5. The van der Waals surface area contributed by atoms with Crippen molar-refractivity contribution >= 4 is 34.5 Å². The SMILES string of the molecule is COc1ccc(SC)cc1-c1nc2ncnc(Cl)c2[nH]1. The zero-order valence-corrected chi connectivity index (χ0v) is 12.4. The highest BCUT2D eigenvalue weighted by Crippen LogP contribution is 2.33. The normalized spacial score (nSPS) is 10.9. The van der Waals surface area contributed by atoms with Gasteiger partial charge in [-0.2, -0.15) is 0 Å². The number of H-pyrrole nitrogens is 1. The van der Waals surface area contributed by atoms with Crippen molar-refractivity contribution in [2.45, 2.75) is 4.90 Å². The van der Waals surface area contributed by atoms with Crippen LogP contribution in [0.1, 0.15) is 0 Å². The van der Waals surface area contributed by atoms with Crippen LogP contribution in [-0.4, -0.2) is 33.3 Å². The number of aromatic amines is 1. The highest BCUT2D eigenvalue weighted by Gasteiger charge is 2.14. The lowest BCUT2D eigenvalue weighted by Gasteiger charge is -2.07. The Kier molecular flexibility index (Phi) is 3.50. The van der Waals surface area contributed by atoms with Gasteiger partial charge in [0.2, 0.25) is 0 Å². The zero-order chi connectivity index (χ0) is 14.1. The number of halogens is 1. The van der Waals surface area contributed by atoms with Crippen LogP contribution in [0.5, 0.6) is 5.75 Å². The molecule has 0 saturated carbocycles. The molecule has 2 aromatic heterocycles. The molecule has 0 radical (unpaired) electrons. The van der Waals surface area contributed by atoms with Gasteiger partial charge in [-0.3, -0.25) is 0 Å². The molecule has 0 atom stereocenters. The second kappa shape index (κ2) is 5.30. The average molecular weight is 307 g/mol. The lowest BCUT2D eigenvalue weighted by molar-refractivity contribution is 0.416. The van der Waals surface area contributed by atoms with Gasteiger partial charge in [0.1, 0.15) is 23.4 Å². The summed E-state index contributed by atoms with van der Waals surface area (Å²) in [6.45, 7) is 0. The molecule has 0 aliphatic carbocycles. The number of rotatable bonds is 3. The van der Waals surface area contributed by atoms with E-state index in [1.807, 2.05) is 24.5 Å². The van der Waals surface area contributed by atoms with Crippen LogP contribution < -0.4 is 4.74 Å². The summed E-state index contributed by atoms with van der Waals surface area (Å²) in [6.07, 6.45) is 3.41. The third kappa shape index (κ3) is 2.21. The van der Waals surface area contributed by atoms with Gasteiger partial charge in [-0.15, -0.1) is 11.8 Å². The number of benzene rings is 1. The molecule has 0 saturated heterocycles. The van der Waals surface area contributed by atoms with E-state index in [2.05, 4.69) is 19.9 Å². The summed E-state index contributed by atoms with van der Waals surface area (Å²) in [5.41, 5.74) is 2.03. The second-order valence-corrected chi connectivity index (χ2v) is 5.25. The van der Waals surface area contributed by atoms with E-state index < -0.39 is 0 Å². The zero-order valence-electron chi connectivity index (χ0n) is 10.8. The van der Waals surface area contributed by atoms with Crippen LogP contribution in [-0.2, 0) is 0 Å². The van der Waals surface area contributed by atoms with Gasteiger partial charge in [-0.05, 0) is 24.5 Å². The van der Waals surface area contributed by atoms with Gasteiger partial charge in [0.15, 0.2) is 10.8 Å². The Morgan fingerprint density at radius 3 is 2.85 bits per heavy atom. The van der Waals surface area contributed by atoms with E-state index in [0.29, 0.717) is 22.1 Å². The lowest BCUT2D eigenvalue weighted by atomic mass is 10.2. The van der Waals surface area contributed by atoms with E-state index in [-0.39, 0.29) is 0 Å². The smallest absolute Gasteiger partial charge is 0.182 e. The minimum atomic E-state index is 0.355. The average Bonchev–Trinajstić information content (AvgIpc) is 2.92. The second-order valence-electron chi connectivity index (χ2n) is 4.01. The van der Waals surface area contributed by atoms with Crippen molar-refractivity contribution in [1.29, 1.82) is 0 Å². The molecule has 7 heteroatoms. The van der Waals surface area contributed by atoms with Crippen molar-refractivity contribution in [1.82, 2.24) is 19.9 Å². The molecule has 0 bridgehead atoms. The number of hydrogen-bond donors (Lipinski definition) is 1. The van der Waals surface area contributed by atoms with Gasteiger partial charge in [0.25, 0.3) is 0 Å². The maximum Gasteiger partial charge on any atom is 0.182 e. The fourth-order valence-electron chi connectivity index (χ4n) is 1.93. The minimum absolute atomic E-state index is 0.355. The van der Waals surface area contributed by atoms with Gasteiger partial charge in [-0.25, -0.2) is 15.0 Å². The molecular formula is C13H11ClN4OS. The molecule has 1 aromatic carbocycles. The van der Waals surface area contributed by atoms with Crippen molar-refractivity contribution in [3.8, 4) is 17.1 Å². The van der Waals surface area contributed by atoms with Crippen LogP contribution in [0.2, 0.25) is 5.15 Å². The fourth-order valence-corrected chi connectivity index (χ4v) is 2.54. The predicted molar refractivity (Wildman–Crippen MR) is 80.5 cm³/mol. The number of aromatic nitrogens is 4. The molecule has 0 spiro atoms. The monoisotopic (exact) mass is 306 g/mol. The van der Waals surface area contributed by atoms with Crippen LogP contribution in [0.25, 0.3) is 22.6 Å². The van der Waals surface area contributed by atoms with Gasteiger partial charge in [0, 0.05) is 4.90 Å². The van der Waals surface area contributed by atoms with Gasteiger partial charge >= 0.3 is 0 Å².